The number of ether oxygens (including phenoxy) is 1. The summed E-state index contributed by atoms with van der Waals surface area (Å²) in [7, 11) is 0. The Morgan fingerprint density at radius 2 is 2.09 bits per heavy atom. The Morgan fingerprint density at radius 1 is 1.24 bits per heavy atom. The van der Waals surface area contributed by atoms with Crippen LogP contribution in [0.4, 0.5) is 11.4 Å². The highest BCUT2D eigenvalue weighted by molar-refractivity contribution is 6.04. The molecule has 1 aromatic carbocycles. The van der Waals surface area contributed by atoms with E-state index in [2.05, 4.69) is 36.6 Å². The van der Waals surface area contributed by atoms with Gasteiger partial charge >= 0.3 is 0 Å². The van der Waals surface area contributed by atoms with Gasteiger partial charge in [-0.25, -0.2) is 19.8 Å². The van der Waals surface area contributed by atoms with Crippen LogP contribution in [0.1, 0.15) is 43.1 Å². The molecule has 1 N–H and O–H groups in total. The number of imidazole rings is 1. The summed E-state index contributed by atoms with van der Waals surface area (Å²) in [5.74, 6) is 1.13. The van der Waals surface area contributed by atoms with E-state index in [1.165, 1.54) is 0 Å². The number of hydrogen-bond donors (Lipinski definition) is 1. The molecule has 9 heteroatoms. The lowest BCUT2D eigenvalue weighted by Gasteiger charge is -2.30. The molecule has 2 atom stereocenters. The summed E-state index contributed by atoms with van der Waals surface area (Å²) < 4.78 is 7.96. The van der Waals surface area contributed by atoms with Crippen molar-refractivity contribution in [3.63, 3.8) is 0 Å². The Balaban J connectivity index is 1.60. The lowest BCUT2D eigenvalue weighted by molar-refractivity contribution is -0.115. The molecule has 172 valence electrons. The average Bonchev–Trinajstić information content (AvgIpc) is 3.18. The van der Waals surface area contributed by atoms with Crippen molar-refractivity contribution in [3.05, 3.63) is 59.4 Å². The molecule has 34 heavy (non-hydrogen) atoms. The molecule has 1 aliphatic rings. The number of anilines is 1. The zero-order valence-corrected chi connectivity index (χ0v) is 19.4. The van der Waals surface area contributed by atoms with E-state index in [0.717, 1.165) is 35.0 Å². The fraction of sp³-hybridized carbons (Fsp3) is 0.360. The first-order chi connectivity index (χ1) is 16.4. The zero-order valence-electron chi connectivity index (χ0n) is 19.4. The topological polar surface area (TPSA) is 99.2 Å². The van der Waals surface area contributed by atoms with E-state index < -0.39 is 0 Å². The van der Waals surface area contributed by atoms with Gasteiger partial charge in [-0.1, -0.05) is 6.07 Å². The largest absolute Gasteiger partial charge is 0.378 e. The number of aromatic nitrogens is 5. The number of hydrogen-bond acceptors (Lipinski definition) is 6. The molecule has 0 unspecified atom stereocenters. The highest BCUT2D eigenvalue weighted by Crippen LogP contribution is 2.35. The summed E-state index contributed by atoms with van der Waals surface area (Å²) in [5, 5.41) is 3.79. The monoisotopic (exact) mass is 455 g/mol. The van der Waals surface area contributed by atoms with Crippen LogP contribution in [-0.2, 0) is 16.0 Å². The van der Waals surface area contributed by atoms with Crippen LogP contribution in [0.25, 0.3) is 26.8 Å². The molecule has 1 amide bonds. The van der Waals surface area contributed by atoms with E-state index in [1.807, 2.05) is 26.0 Å². The standard InChI is InChI=1S/C25H25N7O2/c1-14-9-18(7-8-34-14)32-23(11-24(33)31-21-12-27-16(3)29-15(21)2)30-22-13-28-20-6-5-17(26-4)10-19(20)25(22)32/h5-6,10,12-14,18H,7-9,11H2,1-3H3,(H,31,33)/t14-,18-/m1/s1. The maximum Gasteiger partial charge on any atom is 0.232 e. The SMILES string of the molecule is [C-]#[N+]c1ccc2ncc3nc(CC(=O)Nc4cnc(C)nc4C)n([C@@H]4CCO[C@H](C)C4)c3c2c1. The van der Waals surface area contributed by atoms with Crippen molar-refractivity contribution < 1.29 is 9.53 Å². The fourth-order valence-corrected chi connectivity index (χ4v) is 4.65. The van der Waals surface area contributed by atoms with Crippen LogP contribution >= 0.6 is 0 Å². The number of carbonyl (C=O) groups is 1. The quantitative estimate of drug-likeness (QED) is 0.456. The molecule has 0 spiro atoms. The normalized spacial score (nSPS) is 18.2. The third-order valence-electron chi connectivity index (χ3n) is 6.22. The van der Waals surface area contributed by atoms with Gasteiger partial charge in [0.1, 0.15) is 17.2 Å². The minimum atomic E-state index is -0.189. The Hall–Kier alpha value is -3.90. The maximum atomic E-state index is 13.1. The van der Waals surface area contributed by atoms with E-state index >= 15 is 0 Å². The number of carbonyl (C=O) groups excluding carboxylic acids is 1. The van der Waals surface area contributed by atoms with E-state index in [1.54, 1.807) is 18.5 Å². The third kappa shape index (κ3) is 4.08. The number of fused-ring (bicyclic) bond motifs is 3. The number of rotatable bonds is 4. The molecule has 4 aromatic rings. The molecular formula is C25H25N7O2. The second-order valence-electron chi connectivity index (χ2n) is 8.70. The van der Waals surface area contributed by atoms with Crippen LogP contribution < -0.4 is 5.32 Å². The minimum absolute atomic E-state index is 0.0950. The lowest BCUT2D eigenvalue weighted by Crippen LogP contribution is -2.27. The summed E-state index contributed by atoms with van der Waals surface area (Å²) in [5.41, 5.74) is 4.27. The molecule has 0 aliphatic carbocycles. The zero-order chi connectivity index (χ0) is 23.8. The van der Waals surface area contributed by atoms with Crippen LogP contribution in [0.15, 0.2) is 30.6 Å². The first-order valence-corrected chi connectivity index (χ1v) is 11.3. The first-order valence-electron chi connectivity index (χ1n) is 11.3. The summed E-state index contributed by atoms with van der Waals surface area (Å²) in [6.45, 7) is 13.8. The molecule has 0 bridgehead atoms. The molecule has 1 fully saturated rings. The summed E-state index contributed by atoms with van der Waals surface area (Å²) >= 11 is 0. The molecular weight excluding hydrogens is 430 g/mol. The van der Waals surface area contributed by atoms with Gasteiger partial charge in [-0.3, -0.25) is 9.78 Å². The van der Waals surface area contributed by atoms with Gasteiger partial charge in [0.05, 0.1) is 53.9 Å². The van der Waals surface area contributed by atoms with Gasteiger partial charge in [-0.15, -0.1) is 0 Å². The minimum Gasteiger partial charge on any atom is -0.378 e. The fourth-order valence-electron chi connectivity index (χ4n) is 4.65. The van der Waals surface area contributed by atoms with Crippen LogP contribution in [0.2, 0.25) is 0 Å². The maximum absolute atomic E-state index is 13.1. The Bertz CT molecular complexity index is 1450. The van der Waals surface area contributed by atoms with E-state index in [0.29, 0.717) is 35.1 Å². The summed E-state index contributed by atoms with van der Waals surface area (Å²) in [4.78, 5) is 34.5. The van der Waals surface area contributed by atoms with Crippen LogP contribution in [0, 0.1) is 20.4 Å². The van der Waals surface area contributed by atoms with Gasteiger partial charge in [-0.2, -0.15) is 0 Å². The van der Waals surface area contributed by atoms with Crippen molar-refractivity contribution in [2.75, 3.05) is 11.9 Å². The number of amides is 1. The summed E-state index contributed by atoms with van der Waals surface area (Å²) in [6, 6.07) is 5.61. The Kier molecular flexibility index (Phi) is 5.67. The van der Waals surface area contributed by atoms with Crippen LogP contribution in [0.5, 0.6) is 0 Å². The molecule has 0 radical (unpaired) electrons. The number of benzene rings is 1. The van der Waals surface area contributed by atoms with Crippen molar-refractivity contribution in [3.8, 4) is 0 Å². The molecule has 0 saturated carbocycles. The van der Waals surface area contributed by atoms with Gasteiger partial charge in [0.2, 0.25) is 5.91 Å². The summed E-state index contributed by atoms with van der Waals surface area (Å²) in [6.07, 6.45) is 5.21. The van der Waals surface area contributed by atoms with Crippen molar-refractivity contribution in [2.24, 2.45) is 0 Å². The van der Waals surface area contributed by atoms with E-state index in [-0.39, 0.29) is 24.5 Å². The number of nitrogens with one attached hydrogen (secondary N) is 1. The predicted octanol–water partition coefficient (Wildman–Crippen LogP) is 4.46. The average molecular weight is 456 g/mol. The first kappa shape index (κ1) is 21.9. The van der Waals surface area contributed by atoms with Crippen molar-refractivity contribution in [1.29, 1.82) is 0 Å². The van der Waals surface area contributed by atoms with Gasteiger partial charge in [0, 0.05) is 18.0 Å². The van der Waals surface area contributed by atoms with E-state index in [4.69, 9.17) is 16.3 Å². The van der Waals surface area contributed by atoms with Gasteiger partial charge in [-0.05, 0) is 45.7 Å². The van der Waals surface area contributed by atoms with E-state index in [9.17, 15) is 4.79 Å². The van der Waals surface area contributed by atoms with Crippen molar-refractivity contribution >= 4 is 39.2 Å². The molecule has 9 nitrogen and oxygen atoms in total. The van der Waals surface area contributed by atoms with Gasteiger partial charge < -0.3 is 14.6 Å². The third-order valence-corrected chi connectivity index (χ3v) is 6.22. The molecule has 3 aromatic heterocycles. The lowest BCUT2D eigenvalue weighted by atomic mass is 10.0. The Morgan fingerprint density at radius 3 is 2.85 bits per heavy atom. The number of pyridine rings is 1. The highest BCUT2D eigenvalue weighted by Gasteiger charge is 2.27. The molecule has 1 saturated heterocycles. The van der Waals surface area contributed by atoms with Crippen LogP contribution in [0.3, 0.4) is 0 Å². The predicted molar refractivity (Wildman–Crippen MR) is 129 cm³/mol. The van der Waals surface area contributed by atoms with Gasteiger partial charge in [0.15, 0.2) is 5.69 Å². The highest BCUT2D eigenvalue weighted by atomic mass is 16.5. The van der Waals surface area contributed by atoms with Crippen molar-refractivity contribution in [1.82, 2.24) is 24.5 Å². The second-order valence-corrected chi connectivity index (χ2v) is 8.70. The van der Waals surface area contributed by atoms with Crippen molar-refractivity contribution in [2.45, 2.75) is 52.2 Å². The van der Waals surface area contributed by atoms with Gasteiger partial charge in [0.25, 0.3) is 0 Å². The number of nitrogens with zero attached hydrogens (tertiary/aromatic N) is 6. The Labute approximate surface area is 197 Å². The molecule has 1 aliphatic heterocycles. The smallest absolute Gasteiger partial charge is 0.232 e. The molecule has 5 rings (SSSR count). The second kappa shape index (κ2) is 8.80. The molecule has 4 heterocycles. The number of aryl methyl sites for hydroxylation is 2. The van der Waals surface area contributed by atoms with Crippen LogP contribution in [-0.4, -0.2) is 43.1 Å².